The molecule has 1 aliphatic rings. The number of nitriles is 1. The molecular weight excluding hydrogens is 554 g/mol. The van der Waals surface area contributed by atoms with E-state index >= 15 is 0 Å². The van der Waals surface area contributed by atoms with Crippen LogP contribution in [0.15, 0.2) is 12.1 Å². The lowest BCUT2D eigenvalue weighted by molar-refractivity contribution is -0.385. The normalized spacial score (nSPS) is 14.9. The van der Waals surface area contributed by atoms with Gasteiger partial charge >= 0.3 is 0 Å². The van der Waals surface area contributed by atoms with Crippen molar-refractivity contribution in [2.24, 2.45) is 5.92 Å². The highest BCUT2D eigenvalue weighted by atomic mass is 79.9. The summed E-state index contributed by atoms with van der Waals surface area (Å²) >= 11 is 3.33. The molecule has 0 aliphatic carbocycles. The van der Waals surface area contributed by atoms with Gasteiger partial charge in [-0.25, -0.2) is 0 Å². The molecular formula is C23H34BrN5O6S. The molecule has 1 aliphatic heterocycles. The van der Waals surface area contributed by atoms with Crippen LogP contribution >= 0.6 is 15.9 Å². The molecule has 0 radical (unpaired) electrons. The van der Waals surface area contributed by atoms with E-state index in [1.54, 1.807) is 11.9 Å². The lowest BCUT2D eigenvalue weighted by atomic mass is 9.99. The minimum Gasteiger partial charge on any atom is -0.367 e. The van der Waals surface area contributed by atoms with Crippen LogP contribution in [-0.4, -0.2) is 93.6 Å². The summed E-state index contributed by atoms with van der Waals surface area (Å²) in [5.41, 5.74) is -0.241. The average Bonchev–Trinajstić information content (AvgIpc) is 2.82. The Hall–Kier alpha value is -2.27. The maximum atomic E-state index is 13.3. The summed E-state index contributed by atoms with van der Waals surface area (Å²) in [5, 5.41) is 21.9. The van der Waals surface area contributed by atoms with Crippen LogP contribution in [-0.2, 0) is 14.3 Å². The minimum atomic E-state index is -3.66. The van der Waals surface area contributed by atoms with Crippen molar-refractivity contribution in [3.8, 4) is 6.07 Å². The topological polar surface area (TPSA) is 137 Å². The Morgan fingerprint density at radius 1 is 1.31 bits per heavy atom. The number of likely N-dealkylation sites (tertiary alicyclic amines) is 1. The van der Waals surface area contributed by atoms with Gasteiger partial charge in [-0.15, -0.1) is 0 Å². The number of nitro benzene ring substituents is 1. The summed E-state index contributed by atoms with van der Waals surface area (Å²) in [4.78, 5) is 29.9. The highest BCUT2D eigenvalue weighted by Gasteiger charge is 2.27. The van der Waals surface area contributed by atoms with Crippen molar-refractivity contribution in [2.45, 2.75) is 26.2 Å². The molecule has 200 valence electrons. The second-order valence-corrected chi connectivity index (χ2v) is 11.5. The molecule has 1 saturated heterocycles. The van der Waals surface area contributed by atoms with Crippen molar-refractivity contribution < 1.29 is 22.3 Å². The Labute approximate surface area is 221 Å². The average molecular weight is 589 g/mol. The molecule has 1 fully saturated rings. The summed E-state index contributed by atoms with van der Waals surface area (Å²) in [6.07, 6.45) is 4.00. The van der Waals surface area contributed by atoms with Crippen molar-refractivity contribution >= 4 is 43.3 Å². The molecule has 0 bridgehead atoms. The van der Waals surface area contributed by atoms with Gasteiger partial charge in [0, 0.05) is 38.1 Å². The van der Waals surface area contributed by atoms with E-state index in [9.17, 15) is 28.6 Å². The fourth-order valence-corrected chi connectivity index (χ4v) is 4.93. The summed E-state index contributed by atoms with van der Waals surface area (Å²) in [7, 11) is -2.05. The third kappa shape index (κ3) is 8.99. The first-order chi connectivity index (χ1) is 17.0. The van der Waals surface area contributed by atoms with Gasteiger partial charge in [-0.05, 0) is 50.9 Å². The SMILES string of the molecule is CC1CCN(CCCN(C)C(=O)c2cc(N(CCBr)CCOS(C)(=O)=O)c(C#N)cc2[N+](=O)[O-])CC1. The van der Waals surface area contributed by atoms with Crippen LogP contribution in [0.4, 0.5) is 11.4 Å². The second kappa shape index (κ2) is 13.9. The number of halogens is 1. The zero-order chi connectivity index (χ0) is 26.9. The highest BCUT2D eigenvalue weighted by Crippen LogP contribution is 2.30. The molecule has 1 amide bonds. The molecule has 0 N–H and O–H groups in total. The van der Waals surface area contributed by atoms with E-state index in [-0.39, 0.29) is 24.3 Å². The van der Waals surface area contributed by atoms with Crippen molar-refractivity contribution in [3.05, 3.63) is 33.4 Å². The molecule has 1 heterocycles. The van der Waals surface area contributed by atoms with Crippen molar-refractivity contribution in [1.29, 1.82) is 5.26 Å². The van der Waals surface area contributed by atoms with Gasteiger partial charge in [-0.3, -0.25) is 19.1 Å². The van der Waals surface area contributed by atoms with Gasteiger partial charge in [0.2, 0.25) is 0 Å². The molecule has 0 unspecified atom stereocenters. The summed E-state index contributed by atoms with van der Waals surface area (Å²) in [5.74, 6) is 0.226. The quantitative estimate of drug-likeness (QED) is 0.147. The Morgan fingerprint density at radius 2 is 1.97 bits per heavy atom. The van der Waals surface area contributed by atoms with Crippen LogP contribution in [0.5, 0.6) is 0 Å². The Balaban J connectivity index is 2.24. The maximum Gasteiger partial charge on any atom is 0.283 e. The molecule has 0 atom stereocenters. The van der Waals surface area contributed by atoms with Gasteiger partial charge in [0.15, 0.2) is 0 Å². The van der Waals surface area contributed by atoms with Gasteiger partial charge in [-0.2, -0.15) is 13.7 Å². The fourth-order valence-electron chi connectivity index (χ4n) is 4.13. The smallest absolute Gasteiger partial charge is 0.283 e. The number of piperidine rings is 1. The van der Waals surface area contributed by atoms with E-state index in [1.165, 1.54) is 11.0 Å². The number of alkyl halides is 1. The molecule has 0 spiro atoms. The number of hydrogen-bond acceptors (Lipinski definition) is 9. The molecule has 11 nitrogen and oxygen atoms in total. The predicted octanol–water partition coefficient (Wildman–Crippen LogP) is 2.84. The standard InChI is InChI=1S/C23H34BrN5O6S/c1-18-5-10-27(11-6-18)9-4-8-26(2)23(30)20-16-21(19(17-25)15-22(20)29(31)32)28(12-7-24)13-14-35-36(3,33)34/h15-16,18H,4-14H2,1-3H3. The van der Waals surface area contributed by atoms with Gasteiger partial charge in [0.1, 0.15) is 11.6 Å². The van der Waals surface area contributed by atoms with Crippen LogP contribution < -0.4 is 4.90 Å². The van der Waals surface area contributed by atoms with Gasteiger partial charge < -0.3 is 14.7 Å². The Kier molecular flexibility index (Phi) is 11.5. The van der Waals surface area contributed by atoms with Gasteiger partial charge in [-0.1, -0.05) is 22.9 Å². The number of amides is 1. The zero-order valence-corrected chi connectivity index (χ0v) is 23.4. The first-order valence-corrected chi connectivity index (χ1v) is 14.8. The predicted molar refractivity (Wildman–Crippen MR) is 141 cm³/mol. The lowest BCUT2D eigenvalue weighted by Crippen LogP contribution is -2.36. The van der Waals surface area contributed by atoms with E-state index in [0.29, 0.717) is 24.1 Å². The first-order valence-electron chi connectivity index (χ1n) is 11.8. The third-order valence-electron chi connectivity index (χ3n) is 6.21. The molecule has 1 aromatic rings. The van der Waals surface area contributed by atoms with E-state index in [0.717, 1.165) is 57.1 Å². The molecule has 1 aromatic carbocycles. The lowest BCUT2D eigenvalue weighted by Gasteiger charge is -2.30. The number of nitro groups is 1. The molecule has 36 heavy (non-hydrogen) atoms. The summed E-state index contributed by atoms with van der Waals surface area (Å²) in [6, 6.07) is 4.41. The van der Waals surface area contributed by atoms with Crippen molar-refractivity contribution in [3.63, 3.8) is 0 Å². The van der Waals surface area contributed by atoms with E-state index < -0.39 is 26.6 Å². The van der Waals surface area contributed by atoms with Crippen LogP contribution in [0.25, 0.3) is 0 Å². The van der Waals surface area contributed by atoms with Crippen LogP contribution in [0.2, 0.25) is 0 Å². The number of carbonyl (C=O) groups is 1. The van der Waals surface area contributed by atoms with Crippen molar-refractivity contribution in [2.75, 3.05) is 69.4 Å². The minimum absolute atomic E-state index is 0.0144. The third-order valence-corrected chi connectivity index (χ3v) is 7.16. The molecule has 0 aromatic heterocycles. The number of rotatable bonds is 13. The maximum absolute atomic E-state index is 13.3. The van der Waals surface area contributed by atoms with Crippen LogP contribution in [0.1, 0.15) is 42.1 Å². The number of carbonyl (C=O) groups excluding carboxylic acids is 1. The highest BCUT2D eigenvalue weighted by molar-refractivity contribution is 9.09. The van der Waals surface area contributed by atoms with Crippen LogP contribution in [0.3, 0.4) is 0 Å². The second-order valence-electron chi connectivity index (χ2n) is 9.06. The first kappa shape index (κ1) is 30.0. The zero-order valence-electron chi connectivity index (χ0n) is 21.0. The van der Waals surface area contributed by atoms with E-state index in [4.69, 9.17) is 4.18 Å². The summed E-state index contributed by atoms with van der Waals surface area (Å²) in [6.45, 7) is 5.90. The van der Waals surface area contributed by atoms with E-state index in [2.05, 4.69) is 27.8 Å². The number of nitrogens with zero attached hydrogens (tertiary/aromatic N) is 5. The summed E-state index contributed by atoms with van der Waals surface area (Å²) < 4.78 is 27.5. The fraction of sp³-hybridized carbons (Fsp3) is 0.652. The van der Waals surface area contributed by atoms with Gasteiger partial charge in [0.25, 0.3) is 21.7 Å². The molecule has 13 heteroatoms. The molecule has 2 rings (SSSR count). The largest absolute Gasteiger partial charge is 0.367 e. The van der Waals surface area contributed by atoms with Gasteiger partial charge in [0.05, 0.1) is 29.0 Å². The van der Waals surface area contributed by atoms with E-state index in [1.807, 2.05) is 6.07 Å². The number of hydrogen-bond donors (Lipinski definition) is 0. The van der Waals surface area contributed by atoms with Crippen molar-refractivity contribution in [1.82, 2.24) is 9.80 Å². The number of benzene rings is 1. The monoisotopic (exact) mass is 587 g/mol. The van der Waals surface area contributed by atoms with Crippen LogP contribution in [0, 0.1) is 27.4 Å². The number of anilines is 1. The molecule has 0 saturated carbocycles. The Bertz CT molecular complexity index is 1070. The Morgan fingerprint density at radius 3 is 2.53 bits per heavy atom.